The molecule has 2 bridgehead atoms. The Labute approximate surface area is 220 Å². The van der Waals surface area contributed by atoms with Gasteiger partial charge >= 0.3 is 0 Å². The number of rotatable bonds is 10. The summed E-state index contributed by atoms with van der Waals surface area (Å²) in [4.78, 5) is 42.9. The summed E-state index contributed by atoms with van der Waals surface area (Å²) in [6.45, 7) is 6.15. The van der Waals surface area contributed by atoms with Crippen molar-refractivity contribution in [3.63, 3.8) is 0 Å². The summed E-state index contributed by atoms with van der Waals surface area (Å²) in [5, 5.41) is 16.2. The maximum Gasteiger partial charge on any atom is 0.244 e. The second-order valence-electron chi connectivity index (χ2n) is 10.1. The highest BCUT2D eigenvalue weighted by atomic mass is 79.9. The van der Waals surface area contributed by atoms with Gasteiger partial charge in [-0.25, -0.2) is 0 Å². The van der Waals surface area contributed by atoms with Gasteiger partial charge in [0.1, 0.15) is 6.04 Å². The fourth-order valence-electron chi connectivity index (χ4n) is 6.20. The average Bonchev–Trinajstić information content (AvgIpc) is 3.43. The number of likely N-dealkylation sites (tertiary alicyclic amines) is 1. The SMILES string of the molecule is CCCC(C)NC(=O)C1N([C@@H](CC)CO)C(=O)[C@@H]2[C@H](C(=O)NCc3ccccc3)[C@H]3SC12CC3Br. The molecule has 4 unspecified atom stereocenters. The molecule has 3 aliphatic heterocycles. The smallest absolute Gasteiger partial charge is 0.244 e. The van der Waals surface area contributed by atoms with Gasteiger partial charge in [-0.15, -0.1) is 11.8 Å². The van der Waals surface area contributed by atoms with Crippen molar-refractivity contribution in [2.75, 3.05) is 6.61 Å². The van der Waals surface area contributed by atoms with Gasteiger partial charge in [0.05, 0.1) is 29.2 Å². The van der Waals surface area contributed by atoms with E-state index in [2.05, 4.69) is 33.5 Å². The van der Waals surface area contributed by atoms with E-state index in [9.17, 15) is 19.5 Å². The third kappa shape index (κ3) is 4.64. The molecule has 8 atom stereocenters. The van der Waals surface area contributed by atoms with E-state index in [1.807, 2.05) is 44.2 Å². The zero-order valence-electron chi connectivity index (χ0n) is 20.6. The van der Waals surface area contributed by atoms with Crippen molar-refractivity contribution < 1.29 is 19.5 Å². The average molecular weight is 567 g/mol. The number of nitrogens with zero attached hydrogens (tertiary/aromatic N) is 1. The first-order valence-corrected chi connectivity index (χ1v) is 14.4. The molecule has 192 valence electrons. The lowest BCUT2D eigenvalue weighted by molar-refractivity contribution is -0.143. The van der Waals surface area contributed by atoms with Crippen LogP contribution in [0.1, 0.15) is 52.0 Å². The topological polar surface area (TPSA) is 98.7 Å². The van der Waals surface area contributed by atoms with Crippen molar-refractivity contribution in [2.24, 2.45) is 11.8 Å². The number of hydrogen-bond donors (Lipinski definition) is 3. The molecule has 1 aromatic carbocycles. The lowest BCUT2D eigenvalue weighted by Gasteiger charge is -2.37. The first kappa shape index (κ1) is 26.5. The van der Waals surface area contributed by atoms with E-state index >= 15 is 0 Å². The fourth-order valence-corrected chi connectivity index (χ4v) is 9.80. The van der Waals surface area contributed by atoms with E-state index < -0.39 is 28.7 Å². The minimum absolute atomic E-state index is 0.0116. The van der Waals surface area contributed by atoms with Gasteiger partial charge < -0.3 is 20.6 Å². The molecule has 3 saturated heterocycles. The predicted octanol–water partition coefficient (Wildman–Crippen LogP) is 2.84. The number of halogens is 1. The molecule has 35 heavy (non-hydrogen) atoms. The highest BCUT2D eigenvalue weighted by Gasteiger charge is 2.76. The minimum Gasteiger partial charge on any atom is -0.394 e. The molecule has 0 radical (unpaired) electrons. The number of hydrogen-bond acceptors (Lipinski definition) is 5. The van der Waals surface area contributed by atoms with Gasteiger partial charge in [0.2, 0.25) is 17.7 Å². The van der Waals surface area contributed by atoms with Gasteiger partial charge in [-0.1, -0.05) is 66.5 Å². The lowest BCUT2D eigenvalue weighted by Crippen LogP contribution is -2.58. The summed E-state index contributed by atoms with van der Waals surface area (Å²) in [5.41, 5.74) is 0.995. The fraction of sp³-hybridized carbons (Fsp3) is 0.654. The van der Waals surface area contributed by atoms with Crippen molar-refractivity contribution in [2.45, 2.75) is 85.9 Å². The zero-order valence-corrected chi connectivity index (χ0v) is 23.0. The minimum atomic E-state index is -0.710. The molecule has 3 heterocycles. The molecule has 3 fully saturated rings. The molecule has 3 N–H and O–H groups in total. The second kappa shape index (κ2) is 10.8. The summed E-state index contributed by atoms with van der Waals surface area (Å²) in [5.74, 6) is -1.61. The molecule has 0 aromatic heterocycles. The molecule has 1 spiro atoms. The van der Waals surface area contributed by atoms with Crippen LogP contribution in [0, 0.1) is 11.8 Å². The second-order valence-corrected chi connectivity index (χ2v) is 12.8. The Kier molecular flexibility index (Phi) is 8.18. The predicted molar refractivity (Wildman–Crippen MR) is 141 cm³/mol. The van der Waals surface area contributed by atoms with Gasteiger partial charge in [0, 0.05) is 22.7 Å². The summed E-state index contributed by atoms with van der Waals surface area (Å²) in [6.07, 6.45) is 2.97. The van der Waals surface area contributed by atoms with E-state index in [0.717, 1.165) is 18.4 Å². The lowest BCUT2D eigenvalue weighted by atomic mass is 9.70. The van der Waals surface area contributed by atoms with Crippen LogP contribution in [0.2, 0.25) is 0 Å². The number of aliphatic hydroxyl groups excluding tert-OH is 1. The Hall–Kier alpha value is -1.58. The third-order valence-electron chi connectivity index (χ3n) is 7.77. The molecular weight excluding hydrogens is 530 g/mol. The molecule has 4 rings (SSSR count). The Bertz CT molecular complexity index is 946. The molecule has 3 aliphatic rings. The van der Waals surface area contributed by atoms with E-state index in [1.54, 1.807) is 16.7 Å². The number of carbonyl (C=O) groups excluding carboxylic acids is 3. The number of fused-ring (bicyclic) bond motifs is 1. The third-order valence-corrected chi connectivity index (χ3v) is 11.0. The Balaban J connectivity index is 1.66. The highest BCUT2D eigenvalue weighted by Crippen LogP contribution is 2.68. The quantitative estimate of drug-likeness (QED) is 0.379. The van der Waals surface area contributed by atoms with Crippen molar-refractivity contribution in [1.82, 2.24) is 15.5 Å². The first-order chi connectivity index (χ1) is 16.8. The Morgan fingerprint density at radius 2 is 1.97 bits per heavy atom. The number of carbonyl (C=O) groups is 3. The van der Waals surface area contributed by atoms with Crippen LogP contribution in [0.15, 0.2) is 30.3 Å². The maximum atomic E-state index is 14.0. The molecule has 7 nitrogen and oxygen atoms in total. The van der Waals surface area contributed by atoms with Crippen molar-refractivity contribution in [3.05, 3.63) is 35.9 Å². The standard InChI is InChI=1S/C26H36BrN3O4S/c1-4-9-15(3)29-24(33)22-26-12-18(27)21(35-26)19(20(26)25(34)30(22)17(5-2)14-31)23(32)28-13-16-10-7-6-8-11-16/h6-8,10-11,15,17-22,31H,4-5,9,12-14H2,1-3H3,(H,28,32)(H,29,33)/t15?,17-,18?,19-,20-,21-,22?,26?/m0/s1. The maximum absolute atomic E-state index is 14.0. The van der Waals surface area contributed by atoms with Crippen molar-refractivity contribution in [1.29, 1.82) is 0 Å². The van der Waals surface area contributed by atoms with Crippen LogP contribution < -0.4 is 10.6 Å². The van der Waals surface area contributed by atoms with Gasteiger partial charge in [-0.3, -0.25) is 14.4 Å². The van der Waals surface area contributed by atoms with Crippen LogP contribution >= 0.6 is 27.7 Å². The normalized spacial score (nSPS) is 32.9. The van der Waals surface area contributed by atoms with Crippen LogP contribution in [0.4, 0.5) is 0 Å². The summed E-state index contributed by atoms with van der Waals surface area (Å²) in [7, 11) is 0. The van der Waals surface area contributed by atoms with Crippen LogP contribution in [-0.2, 0) is 20.9 Å². The van der Waals surface area contributed by atoms with Gasteiger partial charge in [0.15, 0.2) is 0 Å². The number of amides is 3. The van der Waals surface area contributed by atoms with E-state index in [0.29, 0.717) is 19.4 Å². The number of nitrogens with one attached hydrogen (secondary N) is 2. The van der Waals surface area contributed by atoms with Crippen molar-refractivity contribution >= 4 is 45.4 Å². The van der Waals surface area contributed by atoms with Gasteiger partial charge in [-0.2, -0.15) is 0 Å². The van der Waals surface area contributed by atoms with Crippen LogP contribution in [0.3, 0.4) is 0 Å². The highest BCUT2D eigenvalue weighted by molar-refractivity contribution is 9.09. The number of aliphatic hydroxyl groups is 1. The molecule has 0 aliphatic carbocycles. The number of alkyl halides is 1. The summed E-state index contributed by atoms with van der Waals surface area (Å²) >= 11 is 5.41. The van der Waals surface area contributed by atoms with Gasteiger partial charge in [0.25, 0.3) is 0 Å². The van der Waals surface area contributed by atoms with E-state index in [4.69, 9.17) is 0 Å². The largest absolute Gasteiger partial charge is 0.394 e. The Morgan fingerprint density at radius 1 is 1.26 bits per heavy atom. The molecule has 3 amide bonds. The summed E-state index contributed by atoms with van der Waals surface area (Å²) < 4.78 is -0.691. The van der Waals surface area contributed by atoms with Crippen LogP contribution in [0.5, 0.6) is 0 Å². The molecule has 0 saturated carbocycles. The molecule has 9 heteroatoms. The van der Waals surface area contributed by atoms with E-state index in [-0.39, 0.29) is 40.4 Å². The number of benzene rings is 1. The number of thioether (sulfide) groups is 1. The zero-order chi connectivity index (χ0) is 25.3. The van der Waals surface area contributed by atoms with Crippen molar-refractivity contribution in [3.8, 4) is 0 Å². The monoisotopic (exact) mass is 565 g/mol. The molecule has 1 aromatic rings. The summed E-state index contributed by atoms with van der Waals surface area (Å²) in [6, 6.07) is 8.52. The van der Waals surface area contributed by atoms with E-state index in [1.165, 1.54) is 0 Å². The molecular formula is C26H36BrN3O4S. The van der Waals surface area contributed by atoms with Crippen LogP contribution in [-0.4, -0.2) is 67.3 Å². The van der Waals surface area contributed by atoms with Crippen LogP contribution in [0.25, 0.3) is 0 Å². The first-order valence-electron chi connectivity index (χ1n) is 12.7. The Morgan fingerprint density at radius 3 is 2.60 bits per heavy atom. The van der Waals surface area contributed by atoms with Gasteiger partial charge in [-0.05, 0) is 31.7 Å².